The van der Waals surface area contributed by atoms with Gasteiger partial charge in [0.25, 0.3) is 0 Å². The van der Waals surface area contributed by atoms with E-state index in [2.05, 4.69) is 33.0 Å². The van der Waals surface area contributed by atoms with Crippen LogP contribution in [0.5, 0.6) is 0 Å². The second-order valence-corrected chi connectivity index (χ2v) is 4.94. The van der Waals surface area contributed by atoms with Crippen molar-refractivity contribution in [3.8, 4) is 0 Å². The third kappa shape index (κ3) is 1.60. The van der Waals surface area contributed by atoms with Crippen molar-refractivity contribution in [3.05, 3.63) is 33.8 Å². The molecule has 2 nitrogen and oxygen atoms in total. The van der Waals surface area contributed by atoms with Crippen LogP contribution in [0.1, 0.15) is 17.2 Å². The van der Waals surface area contributed by atoms with Crippen LogP contribution in [0.3, 0.4) is 0 Å². The van der Waals surface area contributed by atoms with E-state index in [9.17, 15) is 5.11 Å². The minimum atomic E-state index is -0.269. The maximum absolute atomic E-state index is 9.91. The molecule has 0 spiro atoms. The molecule has 0 heterocycles. The highest BCUT2D eigenvalue weighted by molar-refractivity contribution is 9.10. The molecule has 1 aromatic rings. The quantitative estimate of drug-likeness (QED) is 0.830. The Labute approximate surface area is 92.7 Å². The fraction of sp³-hybridized carbons (Fsp3) is 0.455. The van der Waals surface area contributed by atoms with Crippen LogP contribution >= 0.6 is 15.9 Å². The minimum absolute atomic E-state index is 0.141. The average Bonchev–Trinajstić information content (AvgIpc) is 2.40. The van der Waals surface area contributed by atoms with Crippen LogP contribution in [0, 0.1) is 0 Å². The van der Waals surface area contributed by atoms with Crippen molar-refractivity contribution in [2.75, 3.05) is 14.1 Å². The fourth-order valence-corrected chi connectivity index (χ4v) is 2.57. The van der Waals surface area contributed by atoms with Crippen molar-refractivity contribution < 1.29 is 5.11 Å². The van der Waals surface area contributed by atoms with Crippen molar-refractivity contribution in [3.63, 3.8) is 0 Å². The first-order valence-corrected chi connectivity index (χ1v) is 5.51. The zero-order chi connectivity index (χ0) is 10.3. The summed E-state index contributed by atoms with van der Waals surface area (Å²) in [5, 5.41) is 9.91. The van der Waals surface area contributed by atoms with Crippen molar-refractivity contribution in [2.45, 2.75) is 18.6 Å². The standard InChI is InChI=1S/C11H14BrNO/c1-13(2)11-9-6-8(12)4-3-7(9)5-10(11)14/h3-4,6,10-11,14H,5H2,1-2H3. The molecule has 1 aliphatic carbocycles. The van der Waals surface area contributed by atoms with Gasteiger partial charge in [0, 0.05) is 10.9 Å². The Morgan fingerprint density at radius 2 is 2.14 bits per heavy atom. The van der Waals surface area contributed by atoms with Gasteiger partial charge >= 0.3 is 0 Å². The first-order valence-electron chi connectivity index (χ1n) is 4.72. The van der Waals surface area contributed by atoms with Gasteiger partial charge in [0.1, 0.15) is 0 Å². The molecule has 0 aliphatic heterocycles. The first kappa shape index (κ1) is 10.1. The molecular formula is C11H14BrNO. The lowest BCUT2D eigenvalue weighted by Gasteiger charge is -2.23. The summed E-state index contributed by atoms with van der Waals surface area (Å²) in [6, 6.07) is 6.37. The molecule has 1 N–H and O–H groups in total. The SMILES string of the molecule is CN(C)C1c2cc(Br)ccc2CC1O. The van der Waals surface area contributed by atoms with Crippen LogP contribution in [-0.4, -0.2) is 30.2 Å². The van der Waals surface area contributed by atoms with E-state index in [0.29, 0.717) is 0 Å². The first-order chi connectivity index (χ1) is 6.59. The number of rotatable bonds is 1. The lowest BCUT2D eigenvalue weighted by Crippen LogP contribution is -2.27. The molecule has 0 bridgehead atoms. The van der Waals surface area contributed by atoms with Gasteiger partial charge in [0.15, 0.2) is 0 Å². The molecule has 1 aromatic carbocycles. The number of nitrogens with zero attached hydrogens (tertiary/aromatic N) is 1. The molecule has 2 unspecified atom stereocenters. The number of aliphatic hydroxyl groups excluding tert-OH is 1. The second-order valence-electron chi connectivity index (χ2n) is 4.02. The van der Waals surface area contributed by atoms with Crippen molar-refractivity contribution in [1.82, 2.24) is 4.90 Å². The number of hydrogen-bond donors (Lipinski definition) is 1. The molecule has 0 saturated heterocycles. The van der Waals surface area contributed by atoms with E-state index in [1.165, 1.54) is 11.1 Å². The van der Waals surface area contributed by atoms with E-state index in [0.717, 1.165) is 10.9 Å². The summed E-state index contributed by atoms with van der Waals surface area (Å²) in [7, 11) is 4.01. The molecule has 2 rings (SSSR count). The normalized spacial score (nSPS) is 25.5. The smallest absolute Gasteiger partial charge is 0.0777 e. The van der Waals surface area contributed by atoms with E-state index < -0.39 is 0 Å². The molecule has 2 atom stereocenters. The van der Waals surface area contributed by atoms with Gasteiger partial charge in [-0.15, -0.1) is 0 Å². The van der Waals surface area contributed by atoms with Gasteiger partial charge in [-0.1, -0.05) is 22.0 Å². The third-order valence-corrected chi connectivity index (χ3v) is 3.27. The van der Waals surface area contributed by atoms with Gasteiger partial charge in [-0.2, -0.15) is 0 Å². The van der Waals surface area contributed by atoms with Crippen LogP contribution in [0.15, 0.2) is 22.7 Å². The molecule has 14 heavy (non-hydrogen) atoms. The molecule has 0 radical (unpaired) electrons. The van der Waals surface area contributed by atoms with Crippen LogP contribution in [0.4, 0.5) is 0 Å². The fourth-order valence-electron chi connectivity index (χ4n) is 2.19. The average molecular weight is 256 g/mol. The highest BCUT2D eigenvalue weighted by Crippen LogP contribution is 2.36. The molecule has 0 fully saturated rings. The monoisotopic (exact) mass is 255 g/mol. The minimum Gasteiger partial charge on any atom is -0.391 e. The van der Waals surface area contributed by atoms with Crippen molar-refractivity contribution in [1.29, 1.82) is 0 Å². The number of halogens is 1. The molecule has 76 valence electrons. The van der Waals surface area contributed by atoms with E-state index >= 15 is 0 Å². The molecule has 0 amide bonds. The maximum Gasteiger partial charge on any atom is 0.0777 e. The van der Waals surface area contributed by atoms with E-state index in [-0.39, 0.29) is 12.1 Å². The van der Waals surface area contributed by atoms with Crippen LogP contribution in [0.2, 0.25) is 0 Å². The van der Waals surface area contributed by atoms with Gasteiger partial charge < -0.3 is 10.0 Å². The van der Waals surface area contributed by atoms with Gasteiger partial charge in [0.05, 0.1) is 12.1 Å². The lowest BCUT2D eigenvalue weighted by molar-refractivity contribution is 0.0902. The molecule has 1 aliphatic rings. The molecule has 0 saturated carbocycles. The van der Waals surface area contributed by atoms with E-state index in [1.807, 2.05) is 20.2 Å². The van der Waals surface area contributed by atoms with E-state index in [4.69, 9.17) is 0 Å². The van der Waals surface area contributed by atoms with Crippen LogP contribution in [0.25, 0.3) is 0 Å². The number of aliphatic hydroxyl groups is 1. The Balaban J connectivity index is 2.44. The number of fused-ring (bicyclic) bond motifs is 1. The van der Waals surface area contributed by atoms with Crippen molar-refractivity contribution in [2.24, 2.45) is 0 Å². The molecule has 0 aromatic heterocycles. The number of hydrogen-bond acceptors (Lipinski definition) is 2. The van der Waals surface area contributed by atoms with Crippen molar-refractivity contribution >= 4 is 15.9 Å². The summed E-state index contributed by atoms with van der Waals surface area (Å²) < 4.78 is 1.08. The summed E-state index contributed by atoms with van der Waals surface area (Å²) in [6.07, 6.45) is 0.500. The summed E-state index contributed by atoms with van der Waals surface area (Å²) >= 11 is 3.46. The third-order valence-electron chi connectivity index (χ3n) is 2.78. The zero-order valence-electron chi connectivity index (χ0n) is 8.37. The predicted octanol–water partition coefficient (Wildman–Crippen LogP) is 1.97. The van der Waals surface area contributed by atoms with E-state index in [1.54, 1.807) is 0 Å². The highest BCUT2D eigenvalue weighted by Gasteiger charge is 2.32. The molecular weight excluding hydrogens is 242 g/mol. The van der Waals surface area contributed by atoms with Gasteiger partial charge in [-0.25, -0.2) is 0 Å². The summed E-state index contributed by atoms with van der Waals surface area (Å²) in [4.78, 5) is 2.07. The van der Waals surface area contributed by atoms with Gasteiger partial charge in [-0.05, 0) is 37.4 Å². The largest absolute Gasteiger partial charge is 0.391 e. The number of benzene rings is 1. The lowest BCUT2D eigenvalue weighted by atomic mass is 10.1. The molecule has 3 heteroatoms. The van der Waals surface area contributed by atoms with Crippen LogP contribution < -0.4 is 0 Å². The Morgan fingerprint density at radius 3 is 2.79 bits per heavy atom. The van der Waals surface area contributed by atoms with Gasteiger partial charge in [-0.3, -0.25) is 0 Å². The summed E-state index contributed by atoms with van der Waals surface area (Å²) in [5.41, 5.74) is 2.51. The van der Waals surface area contributed by atoms with Gasteiger partial charge in [0.2, 0.25) is 0 Å². The highest BCUT2D eigenvalue weighted by atomic mass is 79.9. The van der Waals surface area contributed by atoms with Crippen LogP contribution in [-0.2, 0) is 6.42 Å². The predicted molar refractivity (Wildman–Crippen MR) is 60.3 cm³/mol. The summed E-state index contributed by atoms with van der Waals surface area (Å²) in [5.74, 6) is 0. The maximum atomic E-state index is 9.91. The second kappa shape index (κ2) is 3.65. The zero-order valence-corrected chi connectivity index (χ0v) is 9.95. The summed E-state index contributed by atoms with van der Waals surface area (Å²) in [6.45, 7) is 0. The topological polar surface area (TPSA) is 23.5 Å². The Bertz CT molecular complexity index is 351. The Morgan fingerprint density at radius 1 is 1.43 bits per heavy atom. The number of likely N-dealkylation sites (N-methyl/N-ethyl adjacent to an activating group) is 1. The Kier molecular flexibility index (Phi) is 2.64. The Hall–Kier alpha value is -0.380.